The van der Waals surface area contributed by atoms with E-state index in [0.717, 1.165) is 11.8 Å². The van der Waals surface area contributed by atoms with Crippen LogP contribution in [0.4, 0.5) is 18.9 Å². The summed E-state index contributed by atoms with van der Waals surface area (Å²) in [5.74, 6) is -5.99. The lowest BCUT2D eigenvalue weighted by Gasteiger charge is -2.08. The van der Waals surface area contributed by atoms with Crippen molar-refractivity contribution in [2.24, 2.45) is 4.99 Å². The molecule has 3 rings (SSSR count). The normalized spacial score (nSPS) is 12.1. The average Bonchev–Trinajstić information content (AvgIpc) is 3.25. The van der Waals surface area contributed by atoms with Crippen LogP contribution in [0.1, 0.15) is 18.1 Å². The number of carbonyl (C=O) groups excluding carboxylic acids is 1. The molecule has 3 aromatic rings. The van der Waals surface area contributed by atoms with Crippen LogP contribution in [0.15, 0.2) is 59.6 Å². The molecule has 0 amide bonds. The Kier molecular flexibility index (Phi) is 6.81. The number of benzene rings is 2. The largest absolute Gasteiger partial charge is 0.506 e. The highest BCUT2D eigenvalue weighted by Gasteiger charge is 2.21. The van der Waals surface area contributed by atoms with Crippen molar-refractivity contribution in [1.82, 2.24) is 14.8 Å². The van der Waals surface area contributed by atoms with Gasteiger partial charge in [0.1, 0.15) is 29.8 Å². The first-order valence-corrected chi connectivity index (χ1v) is 9.09. The van der Waals surface area contributed by atoms with Crippen molar-refractivity contribution in [3.8, 4) is 0 Å². The zero-order chi connectivity index (χ0) is 22.4. The fourth-order valence-electron chi connectivity index (χ4n) is 2.60. The molecule has 0 fully saturated rings. The molecule has 160 valence electrons. The molecule has 0 aliphatic carbocycles. The number of carbonyl (C=O) groups is 1. The number of aliphatic imine (C=N–C) groups is 1. The second kappa shape index (κ2) is 9.70. The molecule has 2 aromatic carbocycles. The van der Waals surface area contributed by atoms with Crippen LogP contribution in [0.5, 0.6) is 0 Å². The number of ether oxygens (including phenoxy) is 1. The third-order valence-corrected chi connectivity index (χ3v) is 4.11. The van der Waals surface area contributed by atoms with Crippen molar-refractivity contribution in [2.45, 2.75) is 13.5 Å². The minimum Gasteiger partial charge on any atom is -0.506 e. The summed E-state index contributed by atoms with van der Waals surface area (Å²) in [6.45, 7) is 2.00. The molecule has 0 spiro atoms. The van der Waals surface area contributed by atoms with Crippen molar-refractivity contribution in [3.63, 3.8) is 0 Å². The molecule has 1 N–H and O–H groups in total. The van der Waals surface area contributed by atoms with E-state index in [2.05, 4.69) is 15.1 Å². The molecule has 0 aliphatic rings. The second-order valence-corrected chi connectivity index (χ2v) is 6.25. The van der Waals surface area contributed by atoms with Crippen molar-refractivity contribution < 1.29 is 27.8 Å². The first-order valence-electron chi connectivity index (χ1n) is 9.09. The number of aliphatic hydroxyl groups is 1. The molecule has 1 aromatic heterocycles. The van der Waals surface area contributed by atoms with Gasteiger partial charge in [0.25, 0.3) is 0 Å². The molecule has 31 heavy (non-hydrogen) atoms. The monoisotopic (exact) mass is 430 g/mol. The van der Waals surface area contributed by atoms with Crippen LogP contribution in [0.2, 0.25) is 0 Å². The molecule has 1 heterocycles. The maximum absolute atomic E-state index is 14.0. The van der Waals surface area contributed by atoms with Gasteiger partial charge in [-0.05, 0) is 30.7 Å². The number of nitrogens with zero attached hydrogens (tertiary/aromatic N) is 4. The van der Waals surface area contributed by atoms with Crippen molar-refractivity contribution in [2.75, 3.05) is 6.61 Å². The summed E-state index contributed by atoms with van der Waals surface area (Å²) in [6.07, 6.45) is 3.97. The Labute approximate surface area is 175 Å². The molecule has 0 aliphatic heterocycles. The first-order chi connectivity index (χ1) is 14.9. The molecule has 10 heteroatoms. The summed E-state index contributed by atoms with van der Waals surface area (Å²) in [4.78, 5) is 20.2. The van der Waals surface area contributed by atoms with E-state index in [9.17, 15) is 23.1 Å². The number of halogens is 3. The standard InChI is InChI=1S/C21H17F3N4O3/c1-2-31-21(30)16(20(29)15-7-18(23)19(24)8-17(15)22)9-26-14-5-3-13(4-6-14)10-28-12-25-11-27-28/h3-9,11-12,29H,2,10H2,1H3. The van der Waals surface area contributed by atoms with Gasteiger partial charge >= 0.3 is 5.97 Å². The van der Waals surface area contributed by atoms with Gasteiger partial charge in [-0.1, -0.05) is 12.1 Å². The highest BCUT2D eigenvalue weighted by atomic mass is 19.2. The fourth-order valence-corrected chi connectivity index (χ4v) is 2.60. The Morgan fingerprint density at radius 1 is 1.16 bits per heavy atom. The fraction of sp³-hybridized carbons (Fsp3) is 0.143. The van der Waals surface area contributed by atoms with E-state index in [1.54, 1.807) is 35.3 Å². The third-order valence-electron chi connectivity index (χ3n) is 4.11. The third kappa shape index (κ3) is 5.35. The van der Waals surface area contributed by atoms with Crippen molar-refractivity contribution in [3.05, 3.63) is 83.2 Å². The molecule has 0 unspecified atom stereocenters. The van der Waals surface area contributed by atoms with Crippen LogP contribution in [0.25, 0.3) is 5.76 Å². The molecule has 7 nitrogen and oxygen atoms in total. The Balaban J connectivity index is 1.90. The van der Waals surface area contributed by atoms with Gasteiger partial charge in [0.05, 0.1) is 24.4 Å². The Morgan fingerprint density at radius 3 is 2.52 bits per heavy atom. The Morgan fingerprint density at radius 2 is 1.87 bits per heavy atom. The van der Waals surface area contributed by atoms with Gasteiger partial charge in [-0.25, -0.2) is 27.6 Å². The number of aromatic nitrogens is 3. The van der Waals surface area contributed by atoms with Crippen LogP contribution in [-0.4, -0.2) is 38.7 Å². The number of hydrogen-bond donors (Lipinski definition) is 1. The first kappa shape index (κ1) is 21.8. The van der Waals surface area contributed by atoms with Gasteiger partial charge in [-0.15, -0.1) is 0 Å². The van der Waals surface area contributed by atoms with E-state index in [0.29, 0.717) is 18.3 Å². The molecule has 0 saturated heterocycles. The van der Waals surface area contributed by atoms with E-state index in [4.69, 9.17) is 4.74 Å². The zero-order valence-corrected chi connectivity index (χ0v) is 16.3. The van der Waals surface area contributed by atoms with Gasteiger partial charge in [0, 0.05) is 12.3 Å². The lowest BCUT2D eigenvalue weighted by atomic mass is 10.1. The second-order valence-electron chi connectivity index (χ2n) is 6.25. The maximum Gasteiger partial charge on any atom is 0.343 e. The maximum atomic E-state index is 14.0. The van der Waals surface area contributed by atoms with Crippen LogP contribution < -0.4 is 0 Å². The summed E-state index contributed by atoms with van der Waals surface area (Å²) < 4.78 is 47.2. The highest BCUT2D eigenvalue weighted by molar-refractivity contribution is 6.15. The Hall–Kier alpha value is -3.95. The van der Waals surface area contributed by atoms with Crippen LogP contribution in [-0.2, 0) is 16.1 Å². The van der Waals surface area contributed by atoms with Crippen molar-refractivity contribution >= 4 is 23.6 Å². The molecule has 0 atom stereocenters. The predicted molar refractivity (Wildman–Crippen MR) is 106 cm³/mol. The summed E-state index contributed by atoms with van der Waals surface area (Å²) in [7, 11) is 0. The van der Waals surface area contributed by atoms with Gasteiger partial charge < -0.3 is 9.84 Å². The minimum atomic E-state index is -1.42. The van der Waals surface area contributed by atoms with Gasteiger partial charge in [-0.2, -0.15) is 5.10 Å². The summed E-state index contributed by atoms with van der Waals surface area (Å²) in [5, 5.41) is 14.4. The number of esters is 1. The topological polar surface area (TPSA) is 89.6 Å². The molecular formula is C21H17F3N4O3. The van der Waals surface area contributed by atoms with E-state index < -0.39 is 40.3 Å². The van der Waals surface area contributed by atoms with Gasteiger partial charge in [0.15, 0.2) is 11.6 Å². The molecule has 0 radical (unpaired) electrons. The summed E-state index contributed by atoms with van der Waals surface area (Å²) in [5.41, 5.74) is 0.120. The van der Waals surface area contributed by atoms with E-state index >= 15 is 0 Å². The SMILES string of the molecule is CCOC(=O)C(C=Nc1ccc(Cn2cncn2)cc1)=C(O)c1cc(F)c(F)cc1F. The average molecular weight is 430 g/mol. The molecule has 0 bridgehead atoms. The van der Waals surface area contributed by atoms with E-state index in [1.165, 1.54) is 13.3 Å². The lowest BCUT2D eigenvalue weighted by molar-refractivity contribution is -0.137. The van der Waals surface area contributed by atoms with E-state index in [1.807, 2.05) is 0 Å². The van der Waals surface area contributed by atoms with E-state index in [-0.39, 0.29) is 12.7 Å². The van der Waals surface area contributed by atoms with Crippen LogP contribution in [0.3, 0.4) is 0 Å². The number of rotatable bonds is 7. The molecular weight excluding hydrogens is 413 g/mol. The van der Waals surface area contributed by atoms with Crippen molar-refractivity contribution in [1.29, 1.82) is 0 Å². The zero-order valence-electron chi connectivity index (χ0n) is 16.3. The Bertz CT molecular complexity index is 1130. The van der Waals surface area contributed by atoms with Gasteiger partial charge in [0.2, 0.25) is 0 Å². The van der Waals surface area contributed by atoms with Crippen LogP contribution in [0, 0.1) is 17.5 Å². The van der Waals surface area contributed by atoms with Gasteiger partial charge in [-0.3, -0.25) is 4.99 Å². The predicted octanol–water partition coefficient (Wildman–Crippen LogP) is 3.98. The number of hydrogen-bond acceptors (Lipinski definition) is 6. The summed E-state index contributed by atoms with van der Waals surface area (Å²) >= 11 is 0. The smallest absolute Gasteiger partial charge is 0.343 e. The lowest BCUT2D eigenvalue weighted by Crippen LogP contribution is -2.12. The number of aliphatic hydroxyl groups excluding tert-OH is 1. The highest BCUT2D eigenvalue weighted by Crippen LogP contribution is 2.23. The van der Waals surface area contributed by atoms with Crippen LogP contribution >= 0.6 is 0 Å². The quantitative estimate of drug-likeness (QED) is 0.201. The minimum absolute atomic E-state index is 0.0271. The molecule has 0 saturated carbocycles. The summed E-state index contributed by atoms with van der Waals surface area (Å²) in [6, 6.07) is 7.58.